The molecular weight excluding hydrogens is 212 g/mol. The zero-order valence-corrected chi connectivity index (χ0v) is 10.2. The van der Waals surface area contributed by atoms with Crippen LogP contribution in [0, 0.1) is 0 Å². The number of anilines is 1. The first kappa shape index (κ1) is 11.0. The van der Waals surface area contributed by atoms with Gasteiger partial charge in [-0.25, -0.2) is 0 Å². The Balaban J connectivity index is 1.68. The minimum atomic E-state index is 0.527. The average Bonchev–Trinajstić information content (AvgIpc) is 3.23. The Labute approximate surface area is 102 Å². The highest BCUT2D eigenvalue weighted by Gasteiger charge is 2.31. The molecule has 4 heteroatoms. The van der Waals surface area contributed by atoms with Crippen LogP contribution >= 0.6 is 0 Å². The highest BCUT2D eigenvalue weighted by Crippen LogP contribution is 2.28. The van der Waals surface area contributed by atoms with Crippen LogP contribution in [0.25, 0.3) is 0 Å². The summed E-state index contributed by atoms with van der Waals surface area (Å²) in [7, 11) is 0. The second kappa shape index (κ2) is 4.63. The molecule has 92 valence electrons. The van der Waals surface area contributed by atoms with Gasteiger partial charge in [0.15, 0.2) is 0 Å². The number of aromatic nitrogens is 1. The molecule has 0 spiro atoms. The van der Waals surface area contributed by atoms with Gasteiger partial charge in [-0.15, -0.1) is 0 Å². The minimum Gasteiger partial charge on any atom is -0.367 e. The van der Waals surface area contributed by atoms with Crippen molar-refractivity contribution in [3.8, 4) is 0 Å². The molecule has 1 saturated heterocycles. The second-order valence-corrected chi connectivity index (χ2v) is 4.93. The van der Waals surface area contributed by atoms with Crippen LogP contribution in [0.5, 0.6) is 0 Å². The molecule has 1 aliphatic carbocycles. The molecule has 2 aliphatic rings. The minimum absolute atomic E-state index is 0.527. The maximum absolute atomic E-state index is 5.74. The zero-order chi connectivity index (χ0) is 11.7. The van der Waals surface area contributed by atoms with Gasteiger partial charge in [-0.2, -0.15) is 0 Å². The van der Waals surface area contributed by atoms with Crippen molar-refractivity contribution in [1.82, 2.24) is 9.88 Å². The highest BCUT2D eigenvalue weighted by molar-refractivity contribution is 5.50. The third-order valence-electron chi connectivity index (χ3n) is 3.78. The van der Waals surface area contributed by atoms with Crippen LogP contribution in [0.2, 0.25) is 0 Å². The second-order valence-electron chi connectivity index (χ2n) is 4.93. The van der Waals surface area contributed by atoms with E-state index in [1.807, 2.05) is 12.3 Å². The summed E-state index contributed by atoms with van der Waals surface area (Å²) in [6, 6.07) is 5.03. The third kappa shape index (κ3) is 2.28. The molecule has 17 heavy (non-hydrogen) atoms. The number of piperazine rings is 1. The molecule has 0 amide bonds. The van der Waals surface area contributed by atoms with Crippen molar-refractivity contribution in [3.05, 3.63) is 24.0 Å². The number of nitrogens with two attached hydrogens (primary N) is 1. The Bertz CT molecular complexity index is 381. The van der Waals surface area contributed by atoms with Crippen LogP contribution in [-0.4, -0.2) is 42.1 Å². The molecule has 0 radical (unpaired) electrons. The van der Waals surface area contributed by atoms with E-state index >= 15 is 0 Å². The summed E-state index contributed by atoms with van der Waals surface area (Å²) in [5.41, 5.74) is 7.99. The van der Waals surface area contributed by atoms with Crippen LogP contribution in [-0.2, 0) is 6.54 Å². The van der Waals surface area contributed by atoms with Crippen LogP contribution < -0.4 is 10.6 Å². The quantitative estimate of drug-likeness (QED) is 0.838. The van der Waals surface area contributed by atoms with E-state index in [4.69, 9.17) is 5.73 Å². The molecule has 1 aromatic rings. The normalized spacial score (nSPS) is 21.8. The van der Waals surface area contributed by atoms with Crippen molar-refractivity contribution >= 4 is 5.69 Å². The summed E-state index contributed by atoms with van der Waals surface area (Å²) in [4.78, 5) is 9.40. The monoisotopic (exact) mass is 232 g/mol. The highest BCUT2D eigenvalue weighted by atomic mass is 15.3. The summed E-state index contributed by atoms with van der Waals surface area (Å²) >= 11 is 0. The molecule has 1 aliphatic heterocycles. The molecule has 4 nitrogen and oxygen atoms in total. The fourth-order valence-electron chi connectivity index (χ4n) is 2.64. The first-order chi connectivity index (χ1) is 8.38. The molecule has 0 bridgehead atoms. The van der Waals surface area contributed by atoms with Gasteiger partial charge < -0.3 is 10.6 Å². The smallest absolute Gasteiger partial charge is 0.0772 e. The number of hydrogen-bond donors (Lipinski definition) is 1. The molecular formula is C13H20N4. The van der Waals surface area contributed by atoms with E-state index in [1.165, 1.54) is 31.6 Å². The van der Waals surface area contributed by atoms with E-state index in [9.17, 15) is 0 Å². The van der Waals surface area contributed by atoms with Crippen LogP contribution in [0.4, 0.5) is 5.69 Å². The fraction of sp³-hybridized carbons (Fsp3) is 0.615. The maximum atomic E-state index is 5.74. The Morgan fingerprint density at radius 3 is 2.65 bits per heavy atom. The van der Waals surface area contributed by atoms with Crippen LogP contribution in [0.15, 0.2) is 18.3 Å². The lowest BCUT2D eigenvalue weighted by Crippen LogP contribution is -2.47. The molecule has 0 atom stereocenters. The Morgan fingerprint density at radius 2 is 2.00 bits per heavy atom. The summed E-state index contributed by atoms with van der Waals surface area (Å²) < 4.78 is 0. The lowest BCUT2D eigenvalue weighted by atomic mass is 10.2. The first-order valence-corrected chi connectivity index (χ1v) is 6.51. The Kier molecular flexibility index (Phi) is 2.99. The average molecular weight is 232 g/mol. The van der Waals surface area contributed by atoms with E-state index in [0.717, 1.165) is 24.8 Å². The van der Waals surface area contributed by atoms with Crippen molar-refractivity contribution in [3.63, 3.8) is 0 Å². The van der Waals surface area contributed by atoms with Crippen molar-refractivity contribution in [1.29, 1.82) is 0 Å². The summed E-state index contributed by atoms with van der Waals surface area (Å²) in [6.45, 7) is 5.11. The van der Waals surface area contributed by atoms with Crippen molar-refractivity contribution in [2.75, 3.05) is 31.1 Å². The van der Waals surface area contributed by atoms with Crippen molar-refractivity contribution in [2.24, 2.45) is 5.73 Å². The van der Waals surface area contributed by atoms with Gasteiger partial charge in [-0.1, -0.05) is 0 Å². The fourth-order valence-corrected chi connectivity index (χ4v) is 2.64. The largest absolute Gasteiger partial charge is 0.367 e. The van der Waals surface area contributed by atoms with Crippen LogP contribution in [0.1, 0.15) is 18.5 Å². The molecule has 2 N–H and O–H groups in total. The first-order valence-electron chi connectivity index (χ1n) is 6.51. The maximum Gasteiger partial charge on any atom is 0.0772 e. The number of nitrogens with zero attached hydrogens (tertiary/aromatic N) is 3. The molecule has 1 saturated carbocycles. The summed E-state index contributed by atoms with van der Waals surface area (Å²) in [6.07, 6.45) is 4.63. The topological polar surface area (TPSA) is 45.4 Å². The van der Waals surface area contributed by atoms with Gasteiger partial charge in [0.25, 0.3) is 0 Å². The Morgan fingerprint density at radius 1 is 1.24 bits per heavy atom. The van der Waals surface area contributed by atoms with Gasteiger partial charge in [0.05, 0.1) is 11.4 Å². The standard InChI is InChI=1S/C13H20N4/c14-10-12-13(2-1-5-15-12)17-8-6-16(7-9-17)11-3-4-11/h1-2,5,11H,3-4,6-10,14H2. The number of rotatable bonds is 3. The van der Waals surface area contributed by atoms with Gasteiger partial charge in [-0.3, -0.25) is 9.88 Å². The summed E-state index contributed by atoms with van der Waals surface area (Å²) in [5, 5.41) is 0. The number of pyridine rings is 1. The zero-order valence-electron chi connectivity index (χ0n) is 10.2. The predicted molar refractivity (Wildman–Crippen MR) is 68.9 cm³/mol. The van der Waals surface area contributed by atoms with E-state index < -0.39 is 0 Å². The van der Waals surface area contributed by atoms with Crippen LogP contribution in [0.3, 0.4) is 0 Å². The van der Waals surface area contributed by atoms with Crippen molar-refractivity contribution in [2.45, 2.75) is 25.4 Å². The van der Waals surface area contributed by atoms with Gasteiger partial charge in [0, 0.05) is 45.0 Å². The predicted octanol–water partition coefficient (Wildman–Crippen LogP) is 0.825. The molecule has 3 rings (SSSR count). The van der Waals surface area contributed by atoms with Gasteiger partial charge >= 0.3 is 0 Å². The molecule has 0 unspecified atom stereocenters. The van der Waals surface area contributed by atoms with E-state index in [2.05, 4.69) is 20.9 Å². The molecule has 1 aromatic heterocycles. The molecule has 2 heterocycles. The third-order valence-corrected chi connectivity index (χ3v) is 3.78. The number of hydrogen-bond acceptors (Lipinski definition) is 4. The SMILES string of the molecule is NCc1ncccc1N1CCN(C2CC2)CC1. The van der Waals surface area contributed by atoms with Gasteiger partial charge in [0.1, 0.15) is 0 Å². The Hall–Kier alpha value is -1.13. The molecule has 2 fully saturated rings. The summed E-state index contributed by atoms with van der Waals surface area (Å²) in [5.74, 6) is 0. The van der Waals surface area contributed by atoms with E-state index in [1.54, 1.807) is 0 Å². The lowest BCUT2D eigenvalue weighted by Gasteiger charge is -2.36. The van der Waals surface area contributed by atoms with E-state index in [-0.39, 0.29) is 0 Å². The van der Waals surface area contributed by atoms with Gasteiger partial charge in [0.2, 0.25) is 0 Å². The van der Waals surface area contributed by atoms with Gasteiger partial charge in [-0.05, 0) is 25.0 Å². The molecule has 0 aromatic carbocycles. The lowest BCUT2D eigenvalue weighted by molar-refractivity contribution is 0.248. The van der Waals surface area contributed by atoms with Crippen molar-refractivity contribution < 1.29 is 0 Å². The van der Waals surface area contributed by atoms with E-state index in [0.29, 0.717) is 6.54 Å².